The van der Waals surface area contributed by atoms with E-state index in [1.54, 1.807) is 24.3 Å². The number of anilines is 1. The average molecular weight is 290 g/mol. The predicted molar refractivity (Wildman–Crippen MR) is 75.6 cm³/mol. The van der Waals surface area contributed by atoms with Crippen molar-refractivity contribution in [3.05, 3.63) is 59.7 Å². The van der Waals surface area contributed by atoms with Gasteiger partial charge in [-0.05, 0) is 29.2 Å². The molecule has 0 spiro atoms. The first-order valence-corrected chi connectivity index (χ1v) is 6.24. The van der Waals surface area contributed by atoms with Crippen LogP contribution in [0.2, 0.25) is 0 Å². The molecule has 0 aliphatic carbocycles. The second kappa shape index (κ2) is 4.93. The van der Waals surface area contributed by atoms with Crippen molar-refractivity contribution < 1.29 is 18.2 Å². The number of hydrogen-bond acceptors (Lipinski definition) is 3. The number of nitrogens with zero attached hydrogens (tertiary/aromatic N) is 2. The second-order valence-electron chi connectivity index (χ2n) is 4.64. The Morgan fingerprint density at radius 2 is 1.81 bits per heavy atom. The van der Waals surface area contributed by atoms with Crippen LogP contribution < -0.4 is 10.4 Å². The number of halogens is 3. The van der Waals surface area contributed by atoms with Gasteiger partial charge in [-0.25, -0.2) is 0 Å². The van der Waals surface area contributed by atoms with Crippen molar-refractivity contribution in [3.63, 3.8) is 0 Å². The van der Waals surface area contributed by atoms with Crippen LogP contribution >= 0.6 is 0 Å². The van der Waals surface area contributed by atoms with Crippen LogP contribution in [0.5, 0.6) is 0 Å². The van der Waals surface area contributed by atoms with Gasteiger partial charge in [0, 0.05) is 5.69 Å². The zero-order valence-corrected chi connectivity index (χ0v) is 10.7. The quantitative estimate of drug-likeness (QED) is 0.818. The third kappa shape index (κ3) is 2.52. The minimum absolute atomic E-state index is 0.183. The Morgan fingerprint density at radius 1 is 1.05 bits per heavy atom. The Hall–Kier alpha value is -2.28. The first-order valence-electron chi connectivity index (χ1n) is 6.24. The minimum atomic E-state index is -4.43. The second-order valence-corrected chi connectivity index (χ2v) is 4.64. The van der Waals surface area contributed by atoms with Gasteiger partial charge in [0.2, 0.25) is 0 Å². The Labute approximate surface area is 119 Å². The number of benzene rings is 2. The molecule has 7 heteroatoms. The molecule has 0 bridgehead atoms. The maximum absolute atomic E-state index is 12.8. The van der Waals surface area contributed by atoms with Gasteiger partial charge >= 0.3 is 13.2 Å². The largest absolute Gasteiger partial charge is 0.471 e. The molecule has 1 N–H and O–H groups in total. The topological polar surface area (TPSA) is 35.8 Å². The summed E-state index contributed by atoms with van der Waals surface area (Å²) in [5.74, 6) is 0. The molecule has 2 aromatic rings. The van der Waals surface area contributed by atoms with Crippen LogP contribution in [0.4, 0.5) is 18.9 Å². The normalized spacial score (nSPS) is 14.3. The summed E-state index contributed by atoms with van der Waals surface area (Å²) in [5.41, 5.74) is 0.752. The Morgan fingerprint density at radius 3 is 2.57 bits per heavy atom. The summed E-state index contributed by atoms with van der Waals surface area (Å²) in [6, 6.07) is 11.8. The third-order valence-electron chi connectivity index (χ3n) is 3.27. The van der Waals surface area contributed by atoms with Crippen LogP contribution in [0.15, 0.2) is 53.6 Å². The molecule has 106 valence electrons. The third-order valence-corrected chi connectivity index (χ3v) is 3.27. The molecule has 0 amide bonds. The lowest BCUT2D eigenvalue weighted by atomic mass is 9.69. The van der Waals surface area contributed by atoms with Crippen molar-refractivity contribution in [3.8, 4) is 0 Å². The zero-order valence-electron chi connectivity index (χ0n) is 10.7. The van der Waals surface area contributed by atoms with Crippen LogP contribution in [-0.4, -0.2) is 18.3 Å². The lowest BCUT2D eigenvalue weighted by molar-refractivity contribution is -0.137. The van der Waals surface area contributed by atoms with Gasteiger partial charge in [0.25, 0.3) is 0 Å². The van der Waals surface area contributed by atoms with Crippen LogP contribution in [0.25, 0.3) is 0 Å². The van der Waals surface area contributed by atoms with Gasteiger partial charge in [0.1, 0.15) is 0 Å². The Balaban J connectivity index is 2.00. The molecule has 0 saturated carbocycles. The lowest BCUT2D eigenvalue weighted by Gasteiger charge is -2.27. The Bertz CT molecular complexity index is 703. The van der Waals surface area contributed by atoms with E-state index in [1.807, 2.05) is 0 Å². The summed E-state index contributed by atoms with van der Waals surface area (Å²) in [6.07, 6.45) is -2.92. The summed E-state index contributed by atoms with van der Waals surface area (Å²) < 4.78 is 38.3. The standard InChI is InChI=1S/C14H10BF3N2O/c16-14(17,18)11-5-3-6-12(8-11)20-15(21)13-7-2-1-4-10(13)9-19-20/h1-9,21H. The molecule has 0 aromatic heterocycles. The van der Waals surface area contributed by atoms with E-state index in [9.17, 15) is 18.2 Å². The fraction of sp³-hybridized carbons (Fsp3) is 0.0714. The first kappa shape index (κ1) is 13.7. The molecule has 2 aromatic carbocycles. The fourth-order valence-electron chi connectivity index (χ4n) is 2.22. The molecule has 1 aliphatic rings. The van der Waals surface area contributed by atoms with E-state index >= 15 is 0 Å². The molecule has 3 rings (SSSR count). The van der Waals surface area contributed by atoms with Crippen LogP contribution in [0.1, 0.15) is 11.1 Å². The lowest BCUT2D eigenvalue weighted by Crippen LogP contribution is -2.50. The van der Waals surface area contributed by atoms with E-state index in [0.29, 0.717) is 5.46 Å². The van der Waals surface area contributed by atoms with Crippen molar-refractivity contribution in [2.75, 3.05) is 4.92 Å². The number of alkyl halides is 3. The molecule has 21 heavy (non-hydrogen) atoms. The predicted octanol–water partition coefficient (Wildman–Crippen LogP) is 2.25. The van der Waals surface area contributed by atoms with Gasteiger partial charge in [-0.3, -0.25) is 4.92 Å². The van der Waals surface area contributed by atoms with E-state index in [2.05, 4.69) is 5.10 Å². The molecule has 0 fully saturated rings. The summed E-state index contributed by atoms with van der Waals surface area (Å²) in [5, 5.41) is 14.3. The number of hydrogen-bond donors (Lipinski definition) is 1. The highest BCUT2D eigenvalue weighted by atomic mass is 19.4. The summed E-state index contributed by atoms with van der Waals surface area (Å²) >= 11 is 0. The van der Waals surface area contributed by atoms with E-state index in [0.717, 1.165) is 22.6 Å². The monoisotopic (exact) mass is 290 g/mol. The van der Waals surface area contributed by atoms with E-state index < -0.39 is 18.8 Å². The molecule has 0 unspecified atom stereocenters. The van der Waals surface area contributed by atoms with E-state index in [1.165, 1.54) is 18.3 Å². The van der Waals surface area contributed by atoms with Gasteiger partial charge < -0.3 is 5.02 Å². The van der Waals surface area contributed by atoms with Crippen molar-refractivity contribution in [2.24, 2.45) is 5.10 Å². The molecule has 1 aliphatic heterocycles. The van der Waals surface area contributed by atoms with Gasteiger partial charge in [0.05, 0.1) is 11.8 Å². The molecule has 0 saturated heterocycles. The molecule has 3 nitrogen and oxygen atoms in total. The number of hydrazone groups is 1. The molecule has 1 heterocycles. The maximum Gasteiger partial charge on any atom is 0.471 e. The van der Waals surface area contributed by atoms with Gasteiger partial charge in [-0.2, -0.15) is 18.3 Å². The van der Waals surface area contributed by atoms with Crippen molar-refractivity contribution in [2.45, 2.75) is 6.18 Å². The van der Waals surface area contributed by atoms with E-state index in [4.69, 9.17) is 0 Å². The maximum atomic E-state index is 12.8. The molecular formula is C14H10BF3N2O. The SMILES string of the molecule is OB1c2ccccc2C=NN1c1cccc(C(F)(F)F)c1. The Kier molecular flexibility index (Phi) is 3.21. The minimum Gasteiger partial charge on any atom is -0.427 e. The van der Waals surface area contributed by atoms with Gasteiger partial charge in [-0.15, -0.1) is 0 Å². The van der Waals surface area contributed by atoms with Crippen molar-refractivity contribution >= 4 is 24.4 Å². The highest BCUT2D eigenvalue weighted by molar-refractivity contribution is 6.71. The summed E-state index contributed by atoms with van der Waals surface area (Å²) in [4.78, 5) is 1.16. The zero-order chi connectivity index (χ0) is 15.0. The van der Waals surface area contributed by atoms with Crippen LogP contribution in [0, 0.1) is 0 Å². The first-order chi connectivity index (χ1) is 9.97. The molecular weight excluding hydrogens is 280 g/mol. The summed E-state index contributed by atoms with van der Waals surface area (Å²) in [6.45, 7) is 0. The van der Waals surface area contributed by atoms with Gasteiger partial charge in [0.15, 0.2) is 0 Å². The van der Waals surface area contributed by atoms with Crippen molar-refractivity contribution in [1.29, 1.82) is 0 Å². The van der Waals surface area contributed by atoms with Crippen LogP contribution in [-0.2, 0) is 6.18 Å². The highest BCUT2D eigenvalue weighted by Crippen LogP contribution is 2.32. The smallest absolute Gasteiger partial charge is 0.427 e. The average Bonchev–Trinajstić information content (AvgIpc) is 2.47. The highest BCUT2D eigenvalue weighted by Gasteiger charge is 2.33. The summed E-state index contributed by atoms with van der Waals surface area (Å²) in [7, 11) is -1.12. The number of rotatable bonds is 1. The van der Waals surface area contributed by atoms with Crippen LogP contribution in [0.3, 0.4) is 0 Å². The van der Waals surface area contributed by atoms with Crippen molar-refractivity contribution in [1.82, 2.24) is 0 Å². The molecule has 0 atom stereocenters. The molecule has 0 radical (unpaired) electrons. The van der Waals surface area contributed by atoms with E-state index in [-0.39, 0.29) is 5.69 Å². The van der Waals surface area contributed by atoms with Gasteiger partial charge in [-0.1, -0.05) is 30.3 Å². The number of fused-ring (bicyclic) bond motifs is 1. The fourth-order valence-corrected chi connectivity index (χ4v) is 2.22.